The largest absolute Gasteiger partial charge is 0.489 e. The molecule has 1 amide bonds. The maximum absolute atomic E-state index is 13.1. The van der Waals surface area contributed by atoms with Gasteiger partial charge in [-0.2, -0.15) is 0 Å². The lowest BCUT2D eigenvalue weighted by atomic mass is 10.1. The van der Waals surface area contributed by atoms with Crippen LogP contribution in [0.3, 0.4) is 0 Å². The Labute approximate surface area is 137 Å². The van der Waals surface area contributed by atoms with Crippen LogP contribution in [0.2, 0.25) is 0 Å². The Morgan fingerprint density at radius 2 is 2.00 bits per heavy atom. The fourth-order valence-electron chi connectivity index (χ4n) is 2.91. The highest BCUT2D eigenvalue weighted by molar-refractivity contribution is 6.07. The van der Waals surface area contributed by atoms with Crippen molar-refractivity contribution in [3.63, 3.8) is 0 Å². The summed E-state index contributed by atoms with van der Waals surface area (Å²) < 4.78 is 7.04. The molecule has 0 unspecified atom stereocenters. The van der Waals surface area contributed by atoms with Crippen LogP contribution < -0.4 is 15.2 Å². The van der Waals surface area contributed by atoms with Gasteiger partial charge >= 0.3 is 0 Å². The van der Waals surface area contributed by atoms with E-state index in [1.54, 1.807) is 29.3 Å². The van der Waals surface area contributed by atoms with E-state index >= 15 is 0 Å². The van der Waals surface area contributed by atoms with Crippen molar-refractivity contribution in [2.75, 3.05) is 11.5 Å². The summed E-state index contributed by atoms with van der Waals surface area (Å²) in [4.78, 5) is 31.6. The smallest absolute Gasteiger partial charge is 0.270 e. The number of ether oxygens (including phenoxy) is 1. The molecule has 6 heteroatoms. The second-order valence-electron chi connectivity index (χ2n) is 5.71. The van der Waals surface area contributed by atoms with Crippen LogP contribution in [0.1, 0.15) is 17.3 Å². The molecule has 0 saturated heterocycles. The quantitative estimate of drug-likeness (QED) is 0.689. The van der Waals surface area contributed by atoms with Crippen LogP contribution in [-0.2, 0) is 0 Å². The maximum Gasteiger partial charge on any atom is 0.270 e. The van der Waals surface area contributed by atoms with E-state index in [1.807, 2.05) is 31.2 Å². The molecule has 0 saturated carbocycles. The van der Waals surface area contributed by atoms with Gasteiger partial charge in [0, 0.05) is 12.4 Å². The van der Waals surface area contributed by atoms with Gasteiger partial charge in [0.2, 0.25) is 0 Å². The first kappa shape index (κ1) is 14.4. The van der Waals surface area contributed by atoms with Crippen molar-refractivity contribution in [1.29, 1.82) is 0 Å². The Bertz CT molecular complexity index is 996. The number of fused-ring (bicyclic) bond motifs is 2. The molecule has 24 heavy (non-hydrogen) atoms. The molecule has 1 aliphatic rings. The van der Waals surface area contributed by atoms with E-state index in [-0.39, 0.29) is 23.1 Å². The summed E-state index contributed by atoms with van der Waals surface area (Å²) >= 11 is 0. The number of carbonyl (C=O) groups excluding carboxylic acids is 1. The van der Waals surface area contributed by atoms with Gasteiger partial charge in [-0.1, -0.05) is 18.2 Å². The van der Waals surface area contributed by atoms with Crippen molar-refractivity contribution in [3.05, 3.63) is 70.8 Å². The number of hydrogen-bond donors (Lipinski definition) is 0. The molecule has 4 rings (SSSR count). The molecule has 6 nitrogen and oxygen atoms in total. The predicted octanol–water partition coefficient (Wildman–Crippen LogP) is 2.12. The summed E-state index contributed by atoms with van der Waals surface area (Å²) in [6.07, 6.45) is 2.96. The molecule has 0 radical (unpaired) electrons. The van der Waals surface area contributed by atoms with Gasteiger partial charge in [-0.05, 0) is 31.2 Å². The number of benzene rings is 1. The third-order valence-corrected chi connectivity index (χ3v) is 4.11. The molecule has 120 valence electrons. The van der Waals surface area contributed by atoms with Crippen molar-refractivity contribution >= 4 is 17.2 Å². The lowest BCUT2D eigenvalue weighted by molar-refractivity contribution is 0.0959. The summed E-state index contributed by atoms with van der Waals surface area (Å²) in [6.45, 7) is 2.27. The summed E-state index contributed by atoms with van der Waals surface area (Å²) in [5.74, 6) is 0.270. The van der Waals surface area contributed by atoms with E-state index in [0.29, 0.717) is 23.7 Å². The van der Waals surface area contributed by atoms with Gasteiger partial charge < -0.3 is 4.74 Å². The third-order valence-electron chi connectivity index (χ3n) is 4.11. The number of hydrogen-bond acceptors (Lipinski definition) is 4. The lowest BCUT2D eigenvalue weighted by Crippen LogP contribution is -2.46. The Balaban J connectivity index is 1.85. The van der Waals surface area contributed by atoms with Crippen molar-refractivity contribution in [3.8, 4) is 5.75 Å². The number of rotatable bonds is 1. The van der Waals surface area contributed by atoms with Crippen molar-refractivity contribution in [1.82, 2.24) is 9.38 Å². The number of amides is 1. The van der Waals surface area contributed by atoms with E-state index in [4.69, 9.17) is 4.74 Å². The molecule has 2 aromatic heterocycles. The molecule has 0 spiro atoms. The molecule has 0 aliphatic carbocycles. The zero-order valence-electron chi connectivity index (χ0n) is 13.0. The number of pyridine rings is 1. The predicted molar refractivity (Wildman–Crippen MR) is 89.7 cm³/mol. The summed E-state index contributed by atoms with van der Waals surface area (Å²) in [5.41, 5.74) is 0.845. The molecular weight excluding hydrogens is 306 g/mol. The van der Waals surface area contributed by atoms with Gasteiger partial charge in [0.15, 0.2) is 0 Å². The topological polar surface area (TPSA) is 63.9 Å². The highest BCUT2D eigenvalue weighted by Gasteiger charge is 2.31. The highest BCUT2D eigenvalue weighted by atomic mass is 16.5. The molecule has 0 fully saturated rings. The van der Waals surface area contributed by atoms with Gasteiger partial charge in [-0.15, -0.1) is 0 Å². The fraction of sp³-hybridized carbons (Fsp3) is 0.167. The van der Waals surface area contributed by atoms with Crippen LogP contribution in [0.4, 0.5) is 5.69 Å². The molecule has 3 heterocycles. The molecule has 1 aliphatic heterocycles. The second kappa shape index (κ2) is 5.49. The van der Waals surface area contributed by atoms with Crippen LogP contribution in [0, 0.1) is 0 Å². The Hall–Kier alpha value is -3.15. The van der Waals surface area contributed by atoms with E-state index in [1.165, 1.54) is 10.6 Å². The molecule has 0 bridgehead atoms. The second-order valence-corrected chi connectivity index (χ2v) is 5.71. The number of anilines is 1. The normalized spacial score (nSPS) is 16.5. The highest BCUT2D eigenvalue weighted by Crippen LogP contribution is 2.34. The lowest BCUT2D eigenvalue weighted by Gasteiger charge is -2.34. The van der Waals surface area contributed by atoms with Crippen molar-refractivity contribution < 1.29 is 9.53 Å². The van der Waals surface area contributed by atoms with Gasteiger partial charge in [0.05, 0.1) is 11.7 Å². The van der Waals surface area contributed by atoms with E-state index in [9.17, 15) is 9.59 Å². The van der Waals surface area contributed by atoms with E-state index in [2.05, 4.69) is 4.98 Å². The SMILES string of the molecule is C[C@@H]1COc2ccccc2N1C(=O)c1cnc2ccccn2c1=O. The van der Waals surface area contributed by atoms with E-state index in [0.717, 1.165) is 0 Å². The van der Waals surface area contributed by atoms with Crippen LogP contribution >= 0.6 is 0 Å². The molecular formula is C18H15N3O3. The Kier molecular flexibility index (Phi) is 3.30. The van der Waals surface area contributed by atoms with Gasteiger partial charge in [-0.3, -0.25) is 18.9 Å². The van der Waals surface area contributed by atoms with Crippen LogP contribution in [0.15, 0.2) is 59.7 Å². The minimum Gasteiger partial charge on any atom is -0.489 e. The molecule has 3 aromatic rings. The van der Waals surface area contributed by atoms with Crippen LogP contribution in [-0.4, -0.2) is 27.9 Å². The Morgan fingerprint density at radius 3 is 2.88 bits per heavy atom. The van der Waals surface area contributed by atoms with Crippen molar-refractivity contribution in [2.24, 2.45) is 0 Å². The summed E-state index contributed by atoms with van der Waals surface area (Å²) in [5, 5.41) is 0. The van der Waals surface area contributed by atoms with E-state index < -0.39 is 0 Å². The first-order chi connectivity index (χ1) is 11.7. The minimum atomic E-state index is -0.373. The number of aromatic nitrogens is 2. The van der Waals surface area contributed by atoms with Crippen LogP contribution in [0.5, 0.6) is 5.75 Å². The maximum atomic E-state index is 13.1. The first-order valence-electron chi connectivity index (χ1n) is 7.68. The van der Waals surface area contributed by atoms with Gasteiger partial charge in [-0.25, -0.2) is 4.98 Å². The fourth-order valence-corrected chi connectivity index (χ4v) is 2.91. The average Bonchev–Trinajstić information content (AvgIpc) is 2.62. The minimum absolute atomic E-state index is 0.0438. The standard InChI is InChI=1S/C18H15N3O3/c1-12-11-24-15-7-3-2-6-14(15)21(12)18(23)13-10-19-16-8-4-5-9-20(16)17(13)22/h2-10,12H,11H2,1H3/t12-/m1/s1. The molecule has 0 N–H and O–H groups in total. The van der Waals surface area contributed by atoms with Gasteiger partial charge in [0.1, 0.15) is 23.6 Å². The van der Waals surface area contributed by atoms with Crippen LogP contribution in [0.25, 0.3) is 5.65 Å². The number of carbonyl (C=O) groups is 1. The first-order valence-corrected chi connectivity index (χ1v) is 7.68. The third kappa shape index (κ3) is 2.15. The Morgan fingerprint density at radius 1 is 1.21 bits per heavy atom. The zero-order valence-corrected chi connectivity index (χ0v) is 13.0. The van der Waals surface area contributed by atoms with Gasteiger partial charge in [0.25, 0.3) is 11.5 Å². The average molecular weight is 321 g/mol. The molecule has 1 atom stereocenters. The molecule has 1 aromatic carbocycles. The number of nitrogens with zero attached hydrogens (tertiary/aromatic N) is 3. The zero-order chi connectivity index (χ0) is 16.7. The summed E-state index contributed by atoms with van der Waals surface area (Å²) in [6, 6.07) is 12.4. The van der Waals surface area contributed by atoms with Crippen molar-refractivity contribution in [2.45, 2.75) is 13.0 Å². The monoisotopic (exact) mass is 321 g/mol. The summed E-state index contributed by atoms with van der Waals surface area (Å²) in [7, 11) is 0. The number of para-hydroxylation sites is 2.